The second-order valence-corrected chi connectivity index (χ2v) is 10.8. The molecule has 8 heteroatoms. The SMILES string of the molecule is C=N/N=C(\SCNc1cc(C2(C(=O)O)CC2)ccc1N(CC(C)C)C1CCOCC1)C1CC1. The van der Waals surface area contributed by atoms with Gasteiger partial charge in [0.15, 0.2) is 0 Å². The predicted octanol–water partition coefficient (Wildman–Crippen LogP) is 4.97. The molecular weight excluding hydrogens is 436 g/mol. The third-order valence-electron chi connectivity index (χ3n) is 6.79. The molecule has 2 saturated carbocycles. The summed E-state index contributed by atoms with van der Waals surface area (Å²) in [6, 6.07) is 6.65. The molecule has 4 rings (SSSR count). The molecule has 0 unspecified atom stereocenters. The lowest BCUT2D eigenvalue weighted by molar-refractivity contribution is -0.140. The Kier molecular flexibility index (Phi) is 7.64. The molecule has 0 aromatic heterocycles. The largest absolute Gasteiger partial charge is 0.481 e. The molecule has 7 nitrogen and oxygen atoms in total. The van der Waals surface area contributed by atoms with Gasteiger partial charge in [0.05, 0.1) is 22.7 Å². The molecule has 2 aliphatic carbocycles. The molecular formula is C25H36N4O3S. The summed E-state index contributed by atoms with van der Waals surface area (Å²) in [6.45, 7) is 10.5. The summed E-state index contributed by atoms with van der Waals surface area (Å²) < 4.78 is 5.62. The Morgan fingerprint density at radius 2 is 2.03 bits per heavy atom. The van der Waals surface area contributed by atoms with Crippen molar-refractivity contribution >= 4 is 40.9 Å². The minimum Gasteiger partial charge on any atom is -0.481 e. The summed E-state index contributed by atoms with van der Waals surface area (Å²) >= 11 is 1.67. The van der Waals surface area contributed by atoms with E-state index in [1.807, 2.05) is 6.07 Å². The van der Waals surface area contributed by atoms with Crippen LogP contribution in [0.3, 0.4) is 0 Å². The minimum absolute atomic E-state index is 0.420. The highest BCUT2D eigenvalue weighted by atomic mass is 32.2. The summed E-state index contributed by atoms with van der Waals surface area (Å²) in [7, 11) is 0. The lowest BCUT2D eigenvalue weighted by Gasteiger charge is -2.38. The van der Waals surface area contributed by atoms with Gasteiger partial charge in [-0.05, 0) is 62.1 Å². The van der Waals surface area contributed by atoms with Gasteiger partial charge in [-0.1, -0.05) is 31.7 Å². The minimum atomic E-state index is -0.725. The number of ether oxygens (including phenoxy) is 1. The average Bonchev–Trinajstić information content (AvgIpc) is 3.71. The lowest BCUT2D eigenvalue weighted by Crippen LogP contribution is -2.42. The summed E-state index contributed by atoms with van der Waals surface area (Å²) in [4.78, 5) is 14.5. The number of nitrogens with one attached hydrogen (secondary N) is 1. The van der Waals surface area contributed by atoms with E-state index in [2.05, 4.69) is 53.1 Å². The molecule has 1 aliphatic heterocycles. The first-order chi connectivity index (χ1) is 15.9. The fourth-order valence-electron chi connectivity index (χ4n) is 4.63. The van der Waals surface area contributed by atoms with Crippen molar-refractivity contribution in [2.45, 2.75) is 63.8 Å². The van der Waals surface area contributed by atoms with Gasteiger partial charge in [-0.25, -0.2) is 0 Å². The van der Waals surface area contributed by atoms with Gasteiger partial charge in [-0.2, -0.15) is 5.10 Å². The molecule has 0 spiro atoms. The molecule has 0 bridgehead atoms. The molecule has 3 fully saturated rings. The molecule has 2 N–H and O–H groups in total. The van der Waals surface area contributed by atoms with E-state index in [0.29, 0.717) is 36.6 Å². The molecule has 33 heavy (non-hydrogen) atoms. The number of carbonyl (C=O) groups is 1. The highest BCUT2D eigenvalue weighted by molar-refractivity contribution is 8.14. The molecule has 0 amide bonds. The highest BCUT2D eigenvalue weighted by Gasteiger charge is 2.52. The zero-order valence-electron chi connectivity index (χ0n) is 19.8. The highest BCUT2D eigenvalue weighted by Crippen LogP contribution is 2.50. The fraction of sp³-hybridized carbons (Fsp3) is 0.640. The number of aliphatic carboxylic acids is 1. The van der Waals surface area contributed by atoms with Gasteiger partial charge in [-0.3, -0.25) is 4.79 Å². The van der Waals surface area contributed by atoms with Crippen LogP contribution in [-0.4, -0.2) is 54.5 Å². The van der Waals surface area contributed by atoms with Crippen LogP contribution in [0.5, 0.6) is 0 Å². The third-order valence-corrected chi connectivity index (χ3v) is 7.79. The smallest absolute Gasteiger partial charge is 0.314 e. The van der Waals surface area contributed by atoms with Crippen LogP contribution in [-0.2, 0) is 14.9 Å². The first-order valence-corrected chi connectivity index (χ1v) is 13.1. The Labute approximate surface area is 201 Å². The second kappa shape index (κ2) is 10.5. The first-order valence-electron chi connectivity index (χ1n) is 12.1. The molecule has 180 valence electrons. The van der Waals surface area contributed by atoms with Crippen molar-refractivity contribution in [3.8, 4) is 0 Å². The van der Waals surface area contributed by atoms with Gasteiger partial charge in [-0.15, -0.1) is 5.10 Å². The van der Waals surface area contributed by atoms with Crippen molar-refractivity contribution < 1.29 is 14.6 Å². The Bertz CT molecular complexity index is 890. The topological polar surface area (TPSA) is 86.5 Å². The monoisotopic (exact) mass is 472 g/mol. The number of rotatable bonds is 11. The number of anilines is 2. The van der Waals surface area contributed by atoms with Crippen LogP contribution in [0.1, 0.15) is 57.9 Å². The van der Waals surface area contributed by atoms with Gasteiger partial charge >= 0.3 is 5.97 Å². The van der Waals surface area contributed by atoms with E-state index in [9.17, 15) is 9.90 Å². The first kappa shape index (κ1) is 24.1. The van der Waals surface area contributed by atoms with E-state index in [-0.39, 0.29) is 0 Å². The second-order valence-electron chi connectivity index (χ2n) is 9.83. The maximum Gasteiger partial charge on any atom is 0.314 e. The quantitative estimate of drug-likeness (QED) is 0.205. The van der Waals surface area contributed by atoms with Crippen LogP contribution in [0.2, 0.25) is 0 Å². The summed E-state index contributed by atoms with van der Waals surface area (Å²) in [5.74, 6) is 0.953. The molecule has 1 heterocycles. The van der Waals surface area contributed by atoms with Gasteiger partial charge in [0.2, 0.25) is 0 Å². The van der Waals surface area contributed by atoms with Gasteiger partial charge in [0.1, 0.15) is 5.04 Å². The van der Waals surface area contributed by atoms with Crippen molar-refractivity contribution in [2.75, 3.05) is 35.9 Å². The molecule has 3 aliphatic rings. The zero-order chi connectivity index (χ0) is 23.4. The Morgan fingerprint density at radius 3 is 2.61 bits per heavy atom. The Morgan fingerprint density at radius 1 is 1.30 bits per heavy atom. The van der Waals surface area contributed by atoms with Gasteiger partial charge in [0, 0.05) is 38.4 Å². The van der Waals surface area contributed by atoms with Crippen LogP contribution >= 0.6 is 11.8 Å². The van der Waals surface area contributed by atoms with Crippen LogP contribution in [0.4, 0.5) is 11.4 Å². The Balaban J connectivity index is 1.61. The van der Waals surface area contributed by atoms with E-state index < -0.39 is 11.4 Å². The van der Waals surface area contributed by atoms with Crippen molar-refractivity contribution in [3.63, 3.8) is 0 Å². The van der Waals surface area contributed by atoms with Crippen LogP contribution < -0.4 is 10.2 Å². The van der Waals surface area contributed by atoms with Gasteiger partial charge < -0.3 is 20.1 Å². The summed E-state index contributed by atoms with van der Waals surface area (Å²) in [6.07, 6.45) is 5.74. The summed E-state index contributed by atoms with van der Waals surface area (Å²) in [5, 5.41) is 22.5. The number of benzene rings is 1. The predicted molar refractivity (Wildman–Crippen MR) is 137 cm³/mol. The normalized spacial score (nSPS) is 20.5. The Hall–Kier alpha value is -2.06. The van der Waals surface area contributed by atoms with E-state index in [0.717, 1.165) is 67.4 Å². The number of carboxylic acids is 1. The fourth-order valence-corrected chi connectivity index (χ4v) is 5.59. The van der Waals surface area contributed by atoms with E-state index >= 15 is 0 Å². The standard InChI is InChI=1S/C25H36N4O3S/c1-17(2)15-29(20-8-12-32-13-9-20)22-7-6-19(25(10-11-25)24(30)31)14-21(22)27-16-33-23(28-26-3)18-4-5-18/h6-7,14,17-18,20,27H,3-5,8-13,15-16H2,1-2H3,(H,30,31)/b28-23-. The number of nitrogens with zero attached hydrogens (tertiary/aromatic N) is 3. The number of hydrogen-bond donors (Lipinski definition) is 2. The maximum absolute atomic E-state index is 12.0. The van der Waals surface area contributed by atoms with Crippen molar-refractivity contribution in [3.05, 3.63) is 23.8 Å². The van der Waals surface area contributed by atoms with Gasteiger partial charge in [0.25, 0.3) is 0 Å². The third kappa shape index (κ3) is 5.72. The van der Waals surface area contributed by atoms with Crippen LogP contribution in [0.15, 0.2) is 28.4 Å². The average molecular weight is 473 g/mol. The van der Waals surface area contributed by atoms with Crippen molar-refractivity contribution in [2.24, 2.45) is 22.0 Å². The molecule has 1 aromatic rings. The van der Waals surface area contributed by atoms with E-state index in [4.69, 9.17) is 4.74 Å². The van der Waals surface area contributed by atoms with E-state index in [1.165, 1.54) is 0 Å². The number of carboxylic acid groups (broad SMARTS) is 1. The molecule has 1 aromatic carbocycles. The molecule has 0 atom stereocenters. The van der Waals surface area contributed by atoms with Crippen molar-refractivity contribution in [1.29, 1.82) is 0 Å². The van der Waals surface area contributed by atoms with Crippen molar-refractivity contribution in [1.82, 2.24) is 0 Å². The van der Waals surface area contributed by atoms with Crippen LogP contribution in [0, 0.1) is 11.8 Å². The van der Waals surface area contributed by atoms with E-state index in [1.54, 1.807) is 11.8 Å². The number of hydrogen-bond acceptors (Lipinski definition) is 7. The summed E-state index contributed by atoms with van der Waals surface area (Å²) in [5.41, 5.74) is 2.32. The zero-order valence-corrected chi connectivity index (χ0v) is 20.6. The van der Waals surface area contributed by atoms with Crippen LogP contribution in [0.25, 0.3) is 0 Å². The molecule has 0 radical (unpaired) electrons. The molecule has 1 saturated heterocycles. The lowest BCUT2D eigenvalue weighted by atomic mass is 9.94. The number of thioether (sulfide) groups is 1. The maximum atomic E-state index is 12.0.